The normalized spacial score (nSPS) is 51.0. The summed E-state index contributed by atoms with van der Waals surface area (Å²) in [5.74, 6) is 1.88. The number of allylic oxidation sites excluding steroid dienone is 3. The molecule has 0 aromatic rings. The van der Waals surface area contributed by atoms with Gasteiger partial charge in [0.2, 0.25) is 0 Å². The molecule has 0 bridgehead atoms. The zero-order valence-electron chi connectivity index (χ0n) is 14.8. The van der Waals surface area contributed by atoms with Crippen molar-refractivity contribution in [2.75, 3.05) is 0 Å². The van der Waals surface area contributed by atoms with Gasteiger partial charge in [-0.1, -0.05) is 37.1 Å². The van der Waals surface area contributed by atoms with Gasteiger partial charge in [-0.15, -0.1) is 0 Å². The summed E-state index contributed by atoms with van der Waals surface area (Å²) >= 11 is 0. The second kappa shape index (κ2) is 5.05. The number of hydrogen-bond donors (Lipinski definition) is 1. The van der Waals surface area contributed by atoms with Gasteiger partial charge in [0.25, 0.3) is 0 Å². The van der Waals surface area contributed by atoms with Crippen molar-refractivity contribution in [1.82, 2.24) is 0 Å². The summed E-state index contributed by atoms with van der Waals surface area (Å²) in [6, 6.07) is 0. The summed E-state index contributed by atoms with van der Waals surface area (Å²) < 4.78 is 0. The molecule has 0 aliphatic heterocycles. The Labute approximate surface area is 140 Å². The summed E-state index contributed by atoms with van der Waals surface area (Å²) in [4.78, 5) is 13.3. The highest BCUT2D eigenvalue weighted by Gasteiger charge is 2.60. The smallest absolute Gasteiger partial charge is 0.138 e. The van der Waals surface area contributed by atoms with Crippen LogP contribution in [0.1, 0.15) is 65.7 Å². The van der Waals surface area contributed by atoms with Crippen molar-refractivity contribution in [2.24, 2.45) is 28.6 Å². The Morgan fingerprint density at radius 3 is 2.78 bits per heavy atom. The van der Waals surface area contributed by atoms with Gasteiger partial charge < -0.3 is 5.11 Å². The number of ketones is 1. The van der Waals surface area contributed by atoms with Gasteiger partial charge in [-0.3, -0.25) is 4.79 Å². The minimum Gasteiger partial charge on any atom is -0.393 e. The van der Waals surface area contributed by atoms with Crippen LogP contribution < -0.4 is 0 Å². The number of fused-ring (bicyclic) bond motifs is 5. The number of carbonyl (C=O) groups excluding carboxylic acids is 1. The van der Waals surface area contributed by atoms with Crippen LogP contribution in [0.2, 0.25) is 0 Å². The van der Waals surface area contributed by atoms with Gasteiger partial charge in [0.05, 0.1) is 6.10 Å². The lowest BCUT2D eigenvalue weighted by Gasteiger charge is -2.56. The first-order chi connectivity index (χ1) is 10.9. The Hall–Kier alpha value is -0.890. The molecule has 126 valence electrons. The molecular weight excluding hydrogens is 284 g/mol. The maximum atomic E-state index is 13.3. The van der Waals surface area contributed by atoms with Gasteiger partial charge >= 0.3 is 0 Å². The number of hydrogen-bond acceptors (Lipinski definition) is 2. The van der Waals surface area contributed by atoms with E-state index in [1.54, 1.807) is 0 Å². The third kappa shape index (κ3) is 2.00. The Morgan fingerprint density at radius 2 is 2.04 bits per heavy atom. The molecule has 4 rings (SSSR count). The number of carbonyl (C=O) groups is 1. The SMILES string of the molecule is C/C=C1/CCC2C3CC=C4CC(O)CCC4(C)C3C(=O)CC12C. The lowest BCUT2D eigenvalue weighted by molar-refractivity contribution is -0.141. The van der Waals surface area contributed by atoms with Gasteiger partial charge in [-0.25, -0.2) is 0 Å². The lowest BCUT2D eigenvalue weighted by atomic mass is 9.47. The lowest BCUT2D eigenvalue weighted by Crippen LogP contribution is -2.53. The molecule has 2 nitrogen and oxygen atoms in total. The number of Topliss-reactive ketones (excluding diaryl/α,β-unsaturated/α-hetero) is 1. The first kappa shape index (κ1) is 15.6. The van der Waals surface area contributed by atoms with E-state index in [1.807, 2.05) is 0 Å². The van der Waals surface area contributed by atoms with E-state index >= 15 is 0 Å². The van der Waals surface area contributed by atoms with Crippen LogP contribution >= 0.6 is 0 Å². The molecule has 3 saturated carbocycles. The van der Waals surface area contributed by atoms with Gasteiger partial charge in [-0.2, -0.15) is 0 Å². The molecule has 0 aromatic heterocycles. The van der Waals surface area contributed by atoms with Crippen molar-refractivity contribution in [3.63, 3.8) is 0 Å². The van der Waals surface area contributed by atoms with Crippen LogP contribution in [-0.4, -0.2) is 17.0 Å². The summed E-state index contributed by atoms with van der Waals surface area (Å²) in [7, 11) is 0. The molecule has 0 spiro atoms. The Morgan fingerprint density at radius 1 is 1.26 bits per heavy atom. The minimum atomic E-state index is -0.198. The largest absolute Gasteiger partial charge is 0.393 e. The predicted molar refractivity (Wildman–Crippen MR) is 91.9 cm³/mol. The summed E-state index contributed by atoms with van der Waals surface area (Å²) in [6.07, 6.45) is 11.3. The van der Waals surface area contributed by atoms with Crippen molar-refractivity contribution in [3.8, 4) is 0 Å². The average molecular weight is 314 g/mol. The van der Waals surface area contributed by atoms with Gasteiger partial charge in [0.1, 0.15) is 5.78 Å². The standard InChI is InChI=1S/C21H30O2/c1-4-13-6-8-17-16-7-5-14-11-15(22)9-10-20(14,2)19(16)18(23)12-21(13,17)3/h4-5,15-17,19,22H,6-12H2,1-3H3/b13-4-. The number of rotatable bonds is 0. The number of aliphatic hydroxyl groups excluding tert-OH is 1. The highest BCUT2D eigenvalue weighted by atomic mass is 16.3. The highest BCUT2D eigenvalue weighted by molar-refractivity contribution is 5.85. The second-order valence-electron chi connectivity index (χ2n) is 8.94. The van der Waals surface area contributed by atoms with Crippen molar-refractivity contribution < 1.29 is 9.90 Å². The van der Waals surface area contributed by atoms with Crippen LogP contribution in [0.3, 0.4) is 0 Å². The molecule has 0 saturated heterocycles. The molecule has 0 aromatic carbocycles. The first-order valence-corrected chi connectivity index (χ1v) is 9.46. The Bertz CT molecular complexity index is 601. The molecule has 2 heteroatoms. The fraction of sp³-hybridized carbons (Fsp3) is 0.762. The van der Waals surface area contributed by atoms with Crippen molar-refractivity contribution >= 4 is 5.78 Å². The summed E-state index contributed by atoms with van der Waals surface area (Å²) in [5.41, 5.74) is 3.02. The van der Waals surface area contributed by atoms with E-state index in [-0.39, 0.29) is 22.9 Å². The Kier molecular flexibility index (Phi) is 3.43. The molecule has 1 N–H and O–H groups in total. The monoisotopic (exact) mass is 314 g/mol. The van der Waals surface area contributed by atoms with Crippen LogP contribution in [0.15, 0.2) is 23.3 Å². The zero-order valence-corrected chi connectivity index (χ0v) is 14.8. The van der Waals surface area contributed by atoms with Crippen molar-refractivity contribution in [2.45, 2.75) is 71.8 Å². The third-order valence-electron chi connectivity index (χ3n) is 7.97. The molecule has 23 heavy (non-hydrogen) atoms. The quantitative estimate of drug-likeness (QED) is 0.671. The average Bonchev–Trinajstić information content (AvgIpc) is 2.83. The van der Waals surface area contributed by atoms with Gasteiger partial charge in [0.15, 0.2) is 0 Å². The molecule has 3 fully saturated rings. The maximum absolute atomic E-state index is 13.3. The van der Waals surface area contributed by atoms with Crippen LogP contribution in [-0.2, 0) is 4.79 Å². The van der Waals surface area contributed by atoms with Crippen LogP contribution in [0.5, 0.6) is 0 Å². The molecule has 0 radical (unpaired) electrons. The van der Waals surface area contributed by atoms with Crippen LogP contribution in [0, 0.1) is 28.6 Å². The van der Waals surface area contributed by atoms with Crippen molar-refractivity contribution in [1.29, 1.82) is 0 Å². The second-order valence-corrected chi connectivity index (χ2v) is 8.94. The first-order valence-electron chi connectivity index (χ1n) is 9.46. The third-order valence-corrected chi connectivity index (χ3v) is 7.97. The van der Waals surface area contributed by atoms with E-state index in [0.717, 1.165) is 32.1 Å². The van der Waals surface area contributed by atoms with Gasteiger partial charge in [-0.05, 0) is 68.1 Å². The topological polar surface area (TPSA) is 37.3 Å². The summed E-state index contributed by atoms with van der Waals surface area (Å²) in [5, 5.41) is 10.0. The molecule has 4 aliphatic carbocycles. The van der Waals surface area contributed by atoms with E-state index in [1.165, 1.54) is 24.0 Å². The van der Waals surface area contributed by atoms with E-state index in [9.17, 15) is 9.90 Å². The van der Waals surface area contributed by atoms with E-state index in [2.05, 4.69) is 32.9 Å². The molecule has 6 atom stereocenters. The molecule has 6 unspecified atom stereocenters. The molecule has 4 aliphatic rings. The van der Waals surface area contributed by atoms with E-state index < -0.39 is 0 Å². The number of aliphatic hydroxyl groups is 1. The summed E-state index contributed by atoms with van der Waals surface area (Å²) in [6.45, 7) is 6.80. The highest BCUT2D eigenvalue weighted by Crippen LogP contribution is 2.64. The van der Waals surface area contributed by atoms with E-state index in [0.29, 0.717) is 17.6 Å². The minimum absolute atomic E-state index is 0.0131. The van der Waals surface area contributed by atoms with Crippen LogP contribution in [0.25, 0.3) is 0 Å². The maximum Gasteiger partial charge on any atom is 0.138 e. The fourth-order valence-corrected chi connectivity index (χ4v) is 6.80. The van der Waals surface area contributed by atoms with Gasteiger partial charge in [0, 0.05) is 12.3 Å². The van der Waals surface area contributed by atoms with E-state index in [4.69, 9.17) is 0 Å². The molecule has 0 heterocycles. The Balaban J connectivity index is 1.75. The van der Waals surface area contributed by atoms with Crippen molar-refractivity contribution in [3.05, 3.63) is 23.3 Å². The molecular formula is C21H30O2. The predicted octanol–water partition coefficient (Wildman–Crippen LogP) is 4.44. The molecule has 0 amide bonds. The zero-order chi connectivity index (χ0) is 16.4. The fourth-order valence-electron chi connectivity index (χ4n) is 6.80. The van der Waals surface area contributed by atoms with Crippen LogP contribution in [0.4, 0.5) is 0 Å².